The van der Waals surface area contributed by atoms with Gasteiger partial charge in [0, 0.05) is 34.6 Å². The van der Waals surface area contributed by atoms with Crippen LogP contribution in [0, 0.1) is 0 Å². The average molecular weight is 500 g/mol. The number of aryl methyl sites for hydroxylation is 1. The lowest BCUT2D eigenvalue weighted by Crippen LogP contribution is -2.35. The molecule has 0 saturated carbocycles. The molecule has 0 amide bonds. The maximum Gasteiger partial charge on any atom is 0.330 e. The number of aliphatic carboxylic acids is 1. The van der Waals surface area contributed by atoms with Crippen LogP contribution < -0.4 is 21.0 Å². The molecule has 2 aromatic heterocycles. The van der Waals surface area contributed by atoms with Crippen molar-refractivity contribution in [3.05, 3.63) is 92.0 Å². The highest BCUT2D eigenvalue weighted by Crippen LogP contribution is 2.34. The number of aromatic nitrogens is 2. The summed E-state index contributed by atoms with van der Waals surface area (Å²) in [7, 11) is 0. The van der Waals surface area contributed by atoms with Crippen molar-refractivity contribution in [3.8, 4) is 16.1 Å². The molecule has 0 atom stereocenters. The Morgan fingerprint density at radius 2 is 1.97 bits per heavy atom. The Morgan fingerprint density at radius 1 is 1.14 bits per heavy atom. The third-order valence-electron chi connectivity index (χ3n) is 6.51. The number of hydrogen-bond acceptors (Lipinski definition) is 4. The summed E-state index contributed by atoms with van der Waals surface area (Å²) >= 11 is 1.60. The summed E-state index contributed by atoms with van der Waals surface area (Å²) in [5.74, 6) is -1.11. The number of benzene rings is 2. The molecule has 5 rings (SSSR count). The molecule has 1 aliphatic heterocycles. The van der Waals surface area contributed by atoms with Gasteiger partial charge in [-0.05, 0) is 72.9 Å². The largest absolute Gasteiger partial charge is 0.478 e. The molecule has 0 unspecified atom stereocenters. The van der Waals surface area contributed by atoms with Crippen molar-refractivity contribution in [2.75, 3.05) is 18.0 Å². The van der Waals surface area contributed by atoms with Gasteiger partial charge in [0.25, 0.3) is 5.56 Å². The van der Waals surface area contributed by atoms with E-state index in [2.05, 4.69) is 41.2 Å². The monoisotopic (exact) mass is 499 g/mol. The van der Waals surface area contributed by atoms with E-state index in [1.807, 2.05) is 24.3 Å². The van der Waals surface area contributed by atoms with Crippen LogP contribution >= 0.6 is 11.3 Å². The molecule has 0 saturated heterocycles. The van der Waals surface area contributed by atoms with E-state index in [1.54, 1.807) is 29.5 Å². The molecule has 2 N–H and O–H groups in total. The molecule has 4 aromatic rings. The van der Waals surface area contributed by atoms with Crippen LogP contribution in [-0.2, 0) is 11.2 Å². The highest BCUT2D eigenvalue weighted by molar-refractivity contribution is 7.16. The molecule has 7 heteroatoms. The van der Waals surface area contributed by atoms with Crippen molar-refractivity contribution in [2.24, 2.45) is 0 Å². The van der Waals surface area contributed by atoms with Gasteiger partial charge in [-0.3, -0.25) is 9.89 Å². The maximum absolute atomic E-state index is 13.2. The predicted molar refractivity (Wildman–Crippen MR) is 147 cm³/mol. The molecule has 6 nitrogen and oxygen atoms in total. The van der Waals surface area contributed by atoms with Gasteiger partial charge in [0.15, 0.2) is 0 Å². The minimum absolute atomic E-state index is 0.271. The lowest BCUT2D eigenvalue weighted by Gasteiger charge is -2.31. The predicted octanol–water partition coefficient (Wildman–Crippen LogP) is 4.14. The lowest BCUT2D eigenvalue weighted by atomic mass is 9.98. The molecule has 0 radical (unpaired) electrons. The molecule has 3 heterocycles. The first-order chi connectivity index (χ1) is 17.5. The number of H-pyrrole nitrogens is 1. The van der Waals surface area contributed by atoms with Crippen LogP contribution in [-0.4, -0.2) is 33.9 Å². The molecule has 0 fully saturated rings. The average Bonchev–Trinajstić information content (AvgIpc) is 3.48. The van der Waals surface area contributed by atoms with Gasteiger partial charge in [-0.15, -0.1) is 11.3 Å². The molecular formula is C29H29N3O3S. The third-order valence-corrected chi connectivity index (χ3v) is 7.59. The van der Waals surface area contributed by atoms with Gasteiger partial charge >= 0.3 is 5.97 Å². The topological polar surface area (TPSA) is 78.3 Å². The number of anilines is 1. The second-order valence-electron chi connectivity index (χ2n) is 9.03. The van der Waals surface area contributed by atoms with E-state index in [0.717, 1.165) is 35.3 Å². The number of hydrogen-bond donors (Lipinski definition) is 2. The van der Waals surface area contributed by atoms with Crippen LogP contribution in [0.15, 0.2) is 65.5 Å². The van der Waals surface area contributed by atoms with Crippen LogP contribution in [0.1, 0.15) is 36.6 Å². The number of para-hydroxylation sites is 1. The summed E-state index contributed by atoms with van der Waals surface area (Å²) in [6.45, 7) is 4.46. The van der Waals surface area contributed by atoms with Gasteiger partial charge in [0.1, 0.15) is 0 Å². The summed E-state index contributed by atoms with van der Waals surface area (Å²) in [4.78, 5) is 29.1. The zero-order chi connectivity index (χ0) is 25.1. The first-order valence-electron chi connectivity index (χ1n) is 12.3. The number of carboxylic acids is 1. The Balaban J connectivity index is 1.51. The quantitative estimate of drug-likeness (QED) is 0.401. The smallest absolute Gasteiger partial charge is 0.330 e. The molecule has 1 aliphatic rings. The lowest BCUT2D eigenvalue weighted by molar-refractivity contribution is -0.129. The van der Waals surface area contributed by atoms with Gasteiger partial charge in [0.2, 0.25) is 0 Å². The number of thiophene rings is 1. The summed E-state index contributed by atoms with van der Waals surface area (Å²) in [5.41, 5.74) is 4.28. The van der Waals surface area contributed by atoms with Crippen molar-refractivity contribution < 1.29 is 9.90 Å². The molecular weight excluding hydrogens is 470 g/mol. The van der Waals surface area contributed by atoms with Gasteiger partial charge in [0.05, 0.1) is 16.3 Å². The summed E-state index contributed by atoms with van der Waals surface area (Å²) < 4.78 is 1.38. The molecule has 2 aromatic carbocycles. The number of aromatic amines is 1. The fourth-order valence-corrected chi connectivity index (χ4v) is 5.68. The summed E-state index contributed by atoms with van der Waals surface area (Å²) in [6.07, 6.45) is 7.47. The molecule has 184 valence electrons. The van der Waals surface area contributed by atoms with Crippen molar-refractivity contribution in [2.45, 2.75) is 32.6 Å². The van der Waals surface area contributed by atoms with E-state index in [1.165, 1.54) is 40.8 Å². The van der Waals surface area contributed by atoms with Gasteiger partial charge < -0.3 is 10.0 Å². The van der Waals surface area contributed by atoms with Crippen molar-refractivity contribution in [1.82, 2.24) is 9.78 Å². The second kappa shape index (κ2) is 10.4. The molecule has 0 bridgehead atoms. The highest BCUT2D eigenvalue weighted by Gasteiger charge is 2.17. The molecule has 0 aliphatic carbocycles. The van der Waals surface area contributed by atoms with E-state index in [9.17, 15) is 14.7 Å². The van der Waals surface area contributed by atoms with Gasteiger partial charge in [-0.2, -0.15) is 0 Å². The van der Waals surface area contributed by atoms with E-state index >= 15 is 0 Å². The number of fused-ring (bicyclic) bond motifs is 1. The fraction of sp³-hybridized carbons (Fsp3) is 0.241. The zero-order valence-corrected chi connectivity index (χ0v) is 21.1. The number of nitrogens with one attached hydrogen (secondary N) is 1. The Labute approximate surface area is 213 Å². The Hall–Kier alpha value is -3.84. The van der Waals surface area contributed by atoms with Crippen LogP contribution in [0.3, 0.4) is 0 Å². The Morgan fingerprint density at radius 3 is 2.75 bits per heavy atom. The molecule has 0 spiro atoms. The minimum atomic E-state index is -1.11. The number of carbonyl (C=O) groups is 1. The Bertz CT molecular complexity index is 1560. The van der Waals surface area contributed by atoms with Crippen LogP contribution in [0.5, 0.6) is 0 Å². The number of unbranched alkanes of at least 4 members (excludes halogenated alkanes) is 1. The summed E-state index contributed by atoms with van der Waals surface area (Å²) in [5, 5.41) is 12.9. The number of rotatable bonds is 7. The van der Waals surface area contributed by atoms with Crippen LogP contribution in [0.2, 0.25) is 0 Å². The molecule has 36 heavy (non-hydrogen) atoms. The Kier molecular flexibility index (Phi) is 6.91. The van der Waals surface area contributed by atoms with E-state index in [0.29, 0.717) is 10.9 Å². The van der Waals surface area contributed by atoms with Crippen molar-refractivity contribution >= 4 is 35.1 Å². The minimum Gasteiger partial charge on any atom is -0.478 e. The SMILES string of the molecule is CCCCN1CCCc2cc(-c3ccc(/C=c4\c(=O)n(-c5ccccc5)[nH]\c4=C/C(=O)O)s3)ccc21. The van der Waals surface area contributed by atoms with E-state index < -0.39 is 5.97 Å². The van der Waals surface area contributed by atoms with Gasteiger partial charge in [-0.1, -0.05) is 37.6 Å². The van der Waals surface area contributed by atoms with Crippen molar-refractivity contribution in [3.63, 3.8) is 0 Å². The van der Waals surface area contributed by atoms with Gasteiger partial charge in [-0.25, -0.2) is 9.48 Å². The summed E-state index contributed by atoms with van der Waals surface area (Å²) in [6, 6.07) is 19.9. The van der Waals surface area contributed by atoms with Crippen LogP contribution in [0.4, 0.5) is 5.69 Å². The second-order valence-corrected chi connectivity index (χ2v) is 10.1. The fourth-order valence-electron chi connectivity index (χ4n) is 4.74. The van der Waals surface area contributed by atoms with Crippen molar-refractivity contribution in [1.29, 1.82) is 0 Å². The third kappa shape index (κ3) is 4.93. The zero-order valence-electron chi connectivity index (χ0n) is 20.2. The standard InChI is InChI=1S/C29H29N3O3S/c1-2-3-15-31-16-7-8-20-17-21(11-13-26(20)31)27-14-12-23(36-27)18-24-25(19-28(33)34)30-32(29(24)35)22-9-5-4-6-10-22/h4-6,9-14,17-19,30H,2-3,7-8,15-16H2,1H3,(H,33,34)/b24-18-,25-19-. The first-order valence-corrected chi connectivity index (χ1v) is 13.2. The highest BCUT2D eigenvalue weighted by atomic mass is 32.1. The van der Waals surface area contributed by atoms with E-state index in [-0.39, 0.29) is 10.9 Å². The first kappa shape index (κ1) is 23.9. The van der Waals surface area contributed by atoms with E-state index in [4.69, 9.17) is 0 Å². The number of nitrogens with zero attached hydrogens (tertiary/aromatic N) is 2. The van der Waals surface area contributed by atoms with Crippen LogP contribution in [0.25, 0.3) is 28.3 Å². The number of carboxylic acid groups (broad SMARTS) is 1. The normalized spacial score (nSPS) is 14.3. The maximum atomic E-state index is 13.2.